The Kier molecular flexibility index (Phi) is 7.24. The van der Waals surface area contributed by atoms with Crippen molar-refractivity contribution in [3.63, 3.8) is 0 Å². The number of allylic oxidation sites excluding steroid dienone is 2. The van der Waals surface area contributed by atoms with Crippen molar-refractivity contribution >= 4 is 5.57 Å². The molecule has 1 aliphatic carbocycles. The van der Waals surface area contributed by atoms with Gasteiger partial charge in [0.2, 0.25) is 5.82 Å². The number of hydrogen-bond donors (Lipinski definition) is 0. The topological polar surface area (TPSA) is 9.23 Å². The van der Waals surface area contributed by atoms with Crippen LogP contribution in [0.3, 0.4) is 0 Å². The van der Waals surface area contributed by atoms with Crippen molar-refractivity contribution in [2.24, 2.45) is 5.92 Å². The van der Waals surface area contributed by atoms with Crippen LogP contribution in [0.25, 0.3) is 16.7 Å². The number of aryl methyl sites for hydroxylation is 2. The lowest BCUT2D eigenvalue weighted by molar-refractivity contribution is 0.228. The van der Waals surface area contributed by atoms with E-state index in [2.05, 4.69) is 0 Å². The van der Waals surface area contributed by atoms with Crippen LogP contribution in [0.4, 0.5) is 26.3 Å². The first-order valence-corrected chi connectivity index (χ1v) is 11.4. The van der Waals surface area contributed by atoms with Gasteiger partial charge >= 0.3 is 0 Å². The van der Waals surface area contributed by atoms with E-state index in [4.69, 9.17) is 4.74 Å². The van der Waals surface area contributed by atoms with Crippen LogP contribution >= 0.6 is 0 Å². The molecular weight excluding hydrogens is 466 g/mol. The van der Waals surface area contributed by atoms with Crippen molar-refractivity contribution in [3.8, 4) is 16.9 Å². The van der Waals surface area contributed by atoms with Gasteiger partial charge in [-0.1, -0.05) is 43.3 Å². The first kappa shape index (κ1) is 24.9. The van der Waals surface area contributed by atoms with Gasteiger partial charge in [-0.15, -0.1) is 0 Å². The zero-order valence-corrected chi connectivity index (χ0v) is 19.3. The van der Waals surface area contributed by atoms with Crippen LogP contribution in [0.5, 0.6) is 5.75 Å². The van der Waals surface area contributed by atoms with Gasteiger partial charge in [0.1, 0.15) is 0 Å². The zero-order valence-electron chi connectivity index (χ0n) is 19.3. The Hall–Kier alpha value is -3.22. The Morgan fingerprint density at radius 2 is 1.37 bits per heavy atom. The highest BCUT2D eigenvalue weighted by molar-refractivity contribution is 5.72. The summed E-state index contributed by atoms with van der Waals surface area (Å²) in [4.78, 5) is 0. The fraction of sp³-hybridized carbons (Fsp3) is 0.286. The van der Waals surface area contributed by atoms with Crippen molar-refractivity contribution in [1.29, 1.82) is 0 Å². The molecule has 1 atom stereocenters. The van der Waals surface area contributed by atoms with Crippen molar-refractivity contribution < 1.29 is 31.1 Å². The highest BCUT2D eigenvalue weighted by Gasteiger charge is 2.24. The summed E-state index contributed by atoms with van der Waals surface area (Å²) in [6.45, 7) is 3.28. The molecule has 0 fully saturated rings. The molecule has 0 N–H and O–H groups in total. The molecule has 0 aliphatic heterocycles. The van der Waals surface area contributed by atoms with Crippen LogP contribution in [0.1, 0.15) is 42.9 Å². The summed E-state index contributed by atoms with van der Waals surface area (Å²) in [6, 6.07) is 8.05. The Bertz CT molecular complexity index is 1300. The average molecular weight is 490 g/mol. The zero-order chi connectivity index (χ0) is 25.3. The highest BCUT2D eigenvalue weighted by Crippen LogP contribution is 2.36. The molecule has 0 bridgehead atoms. The van der Waals surface area contributed by atoms with E-state index in [0.29, 0.717) is 24.8 Å². The predicted octanol–water partition coefficient (Wildman–Crippen LogP) is 8.32. The highest BCUT2D eigenvalue weighted by atomic mass is 19.2. The maximum Gasteiger partial charge on any atom is 0.200 e. The molecule has 3 aromatic carbocycles. The SMILES string of the molecule is CCc1ccc(-c2ccc(C3=CCC(COc4ccc(C)c(F)c4F)CC3)c(F)c2F)c(F)c1F. The van der Waals surface area contributed by atoms with Gasteiger partial charge in [0.25, 0.3) is 0 Å². The molecule has 0 saturated heterocycles. The second-order valence-corrected chi connectivity index (χ2v) is 8.73. The lowest BCUT2D eigenvalue weighted by Gasteiger charge is -2.23. The maximum absolute atomic E-state index is 15.0. The summed E-state index contributed by atoms with van der Waals surface area (Å²) in [5.41, 5.74) is 0.307. The summed E-state index contributed by atoms with van der Waals surface area (Å²) in [5, 5.41) is 0. The number of hydrogen-bond acceptors (Lipinski definition) is 1. The van der Waals surface area contributed by atoms with Crippen molar-refractivity contribution in [3.05, 3.63) is 94.1 Å². The molecule has 3 aromatic rings. The molecule has 0 aromatic heterocycles. The van der Waals surface area contributed by atoms with E-state index in [-0.39, 0.29) is 52.5 Å². The maximum atomic E-state index is 15.0. The molecule has 0 spiro atoms. The standard InChI is InChI=1S/C28H24F6O/c1-3-17-9-10-20(26(32)24(17)30)21-12-11-19(25(31)27(21)33)18-7-5-16(6-8-18)14-35-22-13-4-15(2)23(29)28(22)34/h4,7,9-13,16H,3,5-6,8,14H2,1-2H3. The minimum absolute atomic E-state index is 0.0103. The van der Waals surface area contributed by atoms with Crippen LogP contribution < -0.4 is 4.74 Å². The van der Waals surface area contributed by atoms with E-state index < -0.39 is 34.9 Å². The van der Waals surface area contributed by atoms with Crippen LogP contribution in [0.15, 0.2) is 42.5 Å². The lowest BCUT2D eigenvalue weighted by atomic mass is 9.86. The summed E-state index contributed by atoms with van der Waals surface area (Å²) < 4.78 is 91.7. The molecule has 35 heavy (non-hydrogen) atoms. The van der Waals surface area contributed by atoms with Crippen LogP contribution in [-0.2, 0) is 6.42 Å². The van der Waals surface area contributed by atoms with Gasteiger partial charge in [-0.2, -0.15) is 4.39 Å². The van der Waals surface area contributed by atoms with E-state index in [1.807, 2.05) is 0 Å². The number of ether oxygens (including phenoxy) is 1. The molecule has 1 nitrogen and oxygen atoms in total. The Balaban J connectivity index is 1.49. The first-order valence-electron chi connectivity index (χ1n) is 11.4. The van der Waals surface area contributed by atoms with Crippen molar-refractivity contribution in [2.45, 2.75) is 39.5 Å². The molecule has 1 aliphatic rings. The lowest BCUT2D eigenvalue weighted by Crippen LogP contribution is -2.16. The third kappa shape index (κ3) is 4.81. The number of rotatable bonds is 6. The summed E-state index contributed by atoms with van der Waals surface area (Å²) >= 11 is 0. The fourth-order valence-electron chi connectivity index (χ4n) is 4.31. The number of halogens is 6. The molecule has 1 unspecified atom stereocenters. The summed E-state index contributed by atoms with van der Waals surface area (Å²) in [7, 11) is 0. The van der Waals surface area contributed by atoms with E-state index in [1.54, 1.807) is 13.0 Å². The third-order valence-electron chi connectivity index (χ3n) is 6.50. The Labute approximate surface area is 200 Å². The molecule has 184 valence electrons. The van der Waals surface area contributed by atoms with Crippen molar-refractivity contribution in [2.75, 3.05) is 6.61 Å². The monoisotopic (exact) mass is 490 g/mol. The van der Waals surface area contributed by atoms with Crippen molar-refractivity contribution in [1.82, 2.24) is 0 Å². The van der Waals surface area contributed by atoms with E-state index in [9.17, 15) is 26.3 Å². The summed E-state index contributed by atoms with van der Waals surface area (Å²) in [6.07, 6.45) is 3.51. The third-order valence-corrected chi connectivity index (χ3v) is 6.50. The van der Waals surface area contributed by atoms with Crippen LogP contribution in [0.2, 0.25) is 0 Å². The predicted molar refractivity (Wildman–Crippen MR) is 123 cm³/mol. The minimum atomic E-state index is -1.24. The normalized spacial score (nSPS) is 15.8. The van der Waals surface area contributed by atoms with Gasteiger partial charge < -0.3 is 4.74 Å². The second kappa shape index (κ2) is 10.2. The second-order valence-electron chi connectivity index (χ2n) is 8.73. The Morgan fingerprint density at radius 3 is 2.03 bits per heavy atom. The van der Waals surface area contributed by atoms with Gasteiger partial charge in [0, 0.05) is 16.7 Å². The van der Waals surface area contributed by atoms with Gasteiger partial charge in [-0.3, -0.25) is 0 Å². The van der Waals surface area contributed by atoms with E-state index in [1.165, 1.54) is 43.3 Å². The molecule has 0 saturated carbocycles. The molecule has 0 amide bonds. The molecule has 7 heteroatoms. The van der Waals surface area contributed by atoms with Crippen LogP contribution in [0, 0.1) is 47.7 Å². The molecule has 0 heterocycles. The largest absolute Gasteiger partial charge is 0.490 e. The smallest absolute Gasteiger partial charge is 0.200 e. The fourth-order valence-corrected chi connectivity index (χ4v) is 4.31. The first-order chi connectivity index (χ1) is 16.7. The van der Waals surface area contributed by atoms with Gasteiger partial charge in [0.15, 0.2) is 34.8 Å². The number of benzene rings is 3. The molecular formula is C28H24F6O. The quantitative estimate of drug-likeness (QED) is 0.316. The van der Waals surface area contributed by atoms with E-state index in [0.717, 1.165) is 0 Å². The van der Waals surface area contributed by atoms with Crippen LogP contribution in [-0.4, -0.2) is 6.61 Å². The van der Waals surface area contributed by atoms with Gasteiger partial charge in [-0.05, 0) is 61.3 Å². The van der Waals surface area contributed by atoms with Gasteiger partial charge in [-0.25, -0.2) is 22.0 Å². The average Bonchev–Trinajstić information content (AvgIpc) is 2.86. The minimum Gasteiger partial charge on any atom is -0.490 e. The van der Waals surface area contributed by atoms with Gasteiger partial charge in [0.05, 0.1) is 6.61 Å². The molecule has 0 radical (unpaired) electrons. The molecule has 4 rings (SSSR count). The summed E-state index contributed by atoms with van der Waals surface area (Å²) in [5.74, 6) is -6.79. The van der Waals surface area contributed by atoms with E-state index >= 15 is 0 Å². The Morgan fingerprint density at radius 1 is 0.743 bits per heavy atom.